The predicted molar refractivity (Wildman–Crippen MR) is 99.1 cm³/mol. The minimum atomic E-state index is -3.77. The predicted octanol–water partition coefficient (Wildman–Crippen LogP) is 3.13. The average Bonchev–Trinajstić information content (AvgIpc) is 2.56. The van der Waals surface area contributed by atoms with Crippen LogP contribution in [0.15, 0.2) is 58.3 Å². The standard InChI is InChI=1S/C17H20ClNO4S2/c1-3-19(25(22,23)17-10-6-15(18)7-11-17)12-13-24(20,21)16-8-4-14(2)5-9-16/h4-11H,3,12-13H2,1-2H3. The molecule has 0 unspecified atom stereocenters. The highest BCUT2D eigenvalue weighted by Crippen LogP contribution is 2.19. The molecule has 0 bridgehead atoms. The van der Waals surface area contributed by atoms with Crippen molar-refractivity contribution in [2.24, 2.45) is 0 Å². The quantitative estimate of drug-likeness (QED) is 0.714. The van der Waals surface area contributed by atoms with Crippen LogP contribution in [-0.4, -0.2) is 40.0 Å². The highest BCUT2D eigenvalue weighted by molar-refractivity contribution is 7.91. The summed E-state index contributed by atoms with van der Waals surface area (Å²) in [5, 5.41) is 0.434. The molecule has 0 aliphatic heterocycles. The monoisotopic (exact) mass is 401 g/mol. The summed E-state index contributed by atoms with van der Waals surface area (Å²) in [7, 11) is -7.33. The smallest absolute Gasteiger partial charge is 0.224 e. The average molecular weight is 402 g/mol. The van der Waals surface area contributed by atoms with Gasteiger partial charge in [-0.2, -0.15) is 4.31 Å². The number of rotatable bonds is 7. The Bertz CT molecular complexity index is 922. The maximum absolute atomic E-state index is 12.7. The second-order valence-electron chi connectivity index (χ2n) is 5.58. The van der Waals surface area contributed by atoms with E-state index in [2.05, 4.69) is 0 Å². The molecule has 0 N–H and O–H groups in total. The van der Waals surface area contributed by atoms with Gasteiger partial charge in [-0.25, -0.2) is 16.8 Å². The molecule has 0 aliphatic carbocycles. The molecule has 25 heavy (non-hydrogen) atoms. The highest BCUT2D eigenvalue weighted by Gasteiger charge is 2.25. The summed E-state index contributed by atoms with van der Waals surface area (Å²) in [6.07, 6.45) is 0. The van der Waals surface area contributed by atoms with Gasteiger partial charge in [0, 0.05) is 18.1 Å². The van der Waals surface area contributed by atoms with Gasteiger partial charge >= 0.3 is 0 Å². The molecule has 0 saturated heterocycles. The van der Waals surface area contributed by atoms with Crippen molar-refractivity contribution < 1.29 is 16.8 Å². The van der Waals surface area contributed by atoms with Crippen LogP contribution in [-0.2, 0) is 19.9 Å². The molecule has 0 radical (unpaired) electrons. The first-order valence-electron chi connectivity index (χ1n) is 7.72. The summed E-state index contributed by atoms with van der Waals surface area (Å²) in [5.41, 5.74) is 0.958. The van der Waals surface area contributed by atoms with Crippen LogP contribution in [0.5, 0.6) is 0 Å². The second kappa shape index (κ2) is 7.86. The van der Waals surface area contributed by atoms with Crippen LogP contribution in [0.4, 0.5) is 0 Å². The molecule has 2 aromatic carbocycles. The van der Waals surface area contributed by atoms with Crippen molar-refractivity contribution in [2.45, 2.75) is 23.6 Å². The highest BCUT2D eigenvalue weighted by atomic mass is 35.5. The fourth-order valence-corrected chi connectivity index (χ4v) is 5.23. The van der Waals surface area contributed by atoms with E-state index in [4.69, 9.17) is 11.6 Å². The normalized spacial score (nSPS) is 12.5. The Balaban J connectivity index is 2.19. The maximum atomic E-state index is 12.7. The minimum absolute atomic E-state index is 0.0893. The summed E-state index contributed by atoms with van der Waals surface area (Å²) in [4.78, 5) is 0.282. The van der Waals surface area contributed by atoms with E-state index in [1.165, 1.54) is 36.4 Å². The largest absolute Gasteiger partial charge is 0.243 e. The third-order valence-electron chi connectivity index (χ3n) is 3.79. The lowest BCUT2D eigenvalue weighted by Crippen LogP contribution is -2.35. The first-order chi connectivity index (χ1) is 11.7. The van der Waals surface area contributed by atoms with E-state index in [9.17, 15) is 16.8 Å². The summed E-state index contributed by atoms with van der Waals surface area (Å²) in [6.45, 7) is 3.60. The summed E-state index contributed by atoms with van der Waals surface area (Å²) in [5.74, 6) is -0.281. The summed E-state index contributed by atoms with van der Waals surface area (Å²) >= 11 is 5.79. The molecule has 0 fully saturated rings. The van der Waals surface area contributed by atoms with Crippen molar-refractivity contribution in [1.29, 1.82) is 0 Å². The number of aryl methyl sites for hydroxylation is 1. The zero-order valence-electron chi connectivity index (χ0n) is 14.0. The van der Waals surface area contributed by atoms with Gasteiger partial charge in [0.2, 0.25) is 10.0 Å². The van der Waals surface area contributed by atoms with E-state index >= 15 is 0 Å². The van der Waals surface area contributed by atoms with Gasteiger partial charge in [0.1, 0.15) is 0 Å². The van der Waals surface area contributed by atoms with Crippen LogP contribution in [0.1, 0.15) is 12.5 Å². The topological polar surface area (TPSA) is 71.5 Å². The number of benzene rings is 2. The third kappa shape index (κ3) is 4.82. The number of hydrogen-bond donors (Lipinski definition) is 0. The van der Waals surface area contributed by atoms with E-state index in [-0.39, 0.29) is 28.6 Å². The Labute approximate surface area is 154 Å². The van der Waals surface area contributed by atoms with Gasteiger partial charge < -0.3 is 0 Å². The molecule has 2 rings (SSSR count). The lowest BCUT2D eigenvalue weighted by Gasteiger charge is -2.20. The Morgan fingerprint density at radius 2 is 1.40 bits per heavy atom. The van der Waals surface area contributed by atoms with Crippen LogP contribution >= 0.6 is 11.6 Å². The number of nitrogens with zero attached hydrogens (tertiary/aromatic N) is 1. The molecular formula is C17H20ClNO4S2. The van der Waals surface area contributed by atoms with Crippen LogP contribution in [0.25, 0.3) is 0 Å². The molecule has 136 valence electrons. The van der Waals surface area contributed by atoms with Crippen molar-refractivity contribution in [3.05, 3.63) is 59.1 Å². The van der Waals surface area contributed by atoms with Gasteiger partial charge in [-0.3, -0.25) is 0 Å². The van der Waals surface area contributed by atoms with Gasteiger partial charge in [0.15, 0.2) is 9.84 Å². The fourth-order valence-electron chi connectivity index (χ4n) is 2.29. The number of halogens is 1. The van der Waals surface area contributed by atoms with E-state index in [0.717, 1.165) is 9.87 Å². The fraction of sp³-hybridized carbons (Fsp3) is 0.294. The van der Waals surface area contributed by atoms with Crippen LogP contribution in [0, 0.1) is 6.92 Å². The Kier molecular flexibility index (Phi) is 6.26. The SMILES string of the molecule is CCN(CCS(=O)(=O)c1ccc(C)cc1)S(=O)(=O)c1ccc(Cl)cc1. The van der Waals surface area contributed by atoms with Crippen LogP contribution < -0.4 is 0 Å². The van der Waals surface area contributed by atoms with E-state index in [0.29, 0.717) is 5.02 Å². The molecule has 0 saturated carbocycles. The Morgan fingerprint density at radius 1 is 0.880 bits per heavy atom. The lowest BCUT2D eigenvalue weighted by molar-refractivity contribution is 0.444. The van der Waals surface area contributed by atoms with E-state index < -0.39 is 19.9 Å². The third-order valence-corrected chi connectivity index (χ3v) is 7.74. The van der Waals surface area contributed by atoms with Crippen molar-refractivity contribution in [3.8, 4) is 0 Å². The molecule has 0 aromatic heterocycles. The molecule has 8 heteroatoms. The molecule has 5 nitrogen and oxygen atoms in total. The molecule has 0 aliphatic rings. The van der Waals surface area contributed by atoms with E-state index in [1.54, 1.807) is 19.1 Å². The zero-order valence-corrected chi connectivity index (χ0v) is 16.4. The second-order valence-corrected chi connectivity index (χ2v) is 10.1. The first-order valence-corrected chi connectivity index (χ1v) is 11.2. The molecule has 0 amide bonds. The van der Waals surface area contributed by atoms with E-state index in [1.807, 2.05) is 6.92 Å². The van der Waals surface area contributed by atoms with Gasteiger partial charge in [-0.15, -0.1) is 0 Å². The van der Waals surface area contributed by atoms with Gasteiger partial charge in [0.25, 0.3) is 0 Å². The Morgan fingerprint density at radius 3 is 1.92 bits per heavy atom. The van der Waals surface area contributed by atoms with Gasteiger partial charge in [0.05, 0.1) is 15.5 Å². The number of sulfonamides is 1. The number of sulfone groups is 1. The summed E-state index contributed by atoms with van der Waals surface area (Å²) < 4.78 is 51.3. The summed E-state index contributed by atoms with van der Waals surface area (Å²) in [6, 6.07) is 12.3. The minimum Gasteiger partial charge on any atom is -0.224 e. The molecule has 0 spiro atoms. The lowest BCUT2D eigenvalue weighted by atomic mass is 10.2. The molecule has 2 aromatic rings. The molecule has 0 heterocycles. The van der Waals surface area contributed by atoms with Crippen molar-refractivity contribution in [3.63, 3.8) is 0 Å². The van der Waals surface area contributed by atoms with Crippen molar-refractivity contribution >= 4 is 31.5 Å². The van der Waals surface area contributed by atoms with Crippen LogP contribution in [0.3, 0.4) is 0 Å². The van der Waals surface area contributed by atoms with Gasteiger partial charge in [-0.1, -0.05) is 36.2 Å². The number of hydrogen-bond acceptors (Lipinski definition) is 4. The molecular weight excluding hydrogens is 382 g/mol. The van der Waals surface area contributed by atoms with Gasteiger partial charge in [-0.05, 0) is 43.3 Å². The molecule has 0 atom stereocenters. The van der Waals surface area contributed by atoms with Crippen molar-refractivity contribution in [1.82, 2.24) is 4.31 Å². The van der Waals surface area contributed by atoms with Crippen molar-refractivity contribution in [2.75, 3.05) is 18.8 Å². The first kappa shape index (κ1) is 19.9. The maximum Gasteiger partial charge on any atom is 0.243 e. The zero-order chi connectivity index (χ0) is 18.7. The Hall–Kier alpha value is -1.41. The van der Waals surface area contributed by atoms with Crippen LogP contribution in [0.2, 0.25) is 5.02 Å².